The molecule has 0 aliphatic carbocycles. The Morgan fingerprint density at radius 1 is 1.35 bits per heavy atom. The minimum Gasteiger partial charge on any atom is -0.424 e. The summed E-state index contributed by atoms with van der Waals surface area (Å²) in [6.07, 6.45) is 0.851. The maximum Gasteiger partial charge on any atom is 0.229 e. The van der Waals surface area contributed by atoms with Crippen LogP contribution in [0.15, 0.2) is 26.1 Å². The van der Waals surface area contributed by atoms with E-state index in [-0.39, 0.29) is 5.25 Å². The van der Waals surface area contributed by atoms with Crippen molar-refractivity contribution in [1.82, 2.24) is 10.2 Å². The summed E-state index contributed by atoms with van der Waals surface area (Å²) in [6.45, 7) is 6.39. The van der Waals surface area contributed by atoms with Crippen LogP contribution in [-0.2, 0) is 6.42 Å². The normalized spacial score (nSPS) is 13.2. The lowest BCUT2D eigenvalue weighted by Gasteiger charge is -2.03. The molecule has 0 radical (unpaired) electrons. The highest BCUT2D eigenvalue weighted by Gasteiger charge is 2.16. The van der Waals surface area contributed by atoms with Crippen molar-refractivity contribution in [2.45, 2.75) is 36.7 Å². The standard InChI is InChI=1S/C12H16N2OS2/c1-8(2)7-10-13-14-12(15-10)9(3)17-11-5-4-6-16-11/h4-6,8-9H,7H2,1-3H3/t9-/m0/s1. The molecule has 0 saturated carbocycles. The molecule has 0 N–H and O–H groups in total. The SMILES string of the molecule is CC(C)Cc1nnc([C@H](C)Sc2cccs2)o1. The van der Waals surface area contributed by atoms with Crippen LogP contribution < -0.4 is 0 Å². The van der Waals surface area contributed by atoms with Gasteiger partial charge in [-0.05, 0) is 24.3 Å². The van der Waals surface area contributed by atoms with Crippen molar-refractivity contribution in [3.05, 3.63) is 29.3 Å². The zero-order valence-electron chi connectivity index (χ0n) is 10.2. The molecule has 0 unspecified atom stereocenters. The van der Waals surface area contributed by atoms with E-state index in [2.05, 4.69) is 48.5 Å². The summed E-state index contributed by atoms with van der Waals surface area (Å²) in [7, 11) is 0. The zero-order chi connectivity index (χ0) is 12.3. The van der Waals surface area contributed by atoms with E-state index in [1.165, 1.54) is 4.21 Å². The van der Waals surface area contributed by atoms with E-state index in [4.69, 9.17) is 4.42 Å². The first-order valence-corrected chi connectivity index (χ1v) is 7.43. The molecule has 17 heavy (non-hydrogen) atoms. The maximum absolute atomic E-state index is 5.67. The van der Waals surface area contributed by atoms with Gasteiger partial charge in [0.05, 0.1) is 9.46 Å². The van der Waals surface area contributed by atoms with Crippen LogP contribution in [0.4, 0.5) is 0 Å². The molecule has 92 valence electrons. The van der Waals surface area contributed by atoms with E-state index in [0.29, 0.717) is 5.92 Å². The van der Waals surface area contributed by atoms with Gasteiger partial charge in [-0.2, -0.15) is 0 Å². The Bertz CT molecular complexity index is 451. The largest absolute Gasteiger partial charge is 0.424 e. The van der Waals surface area contributed by atoms with Crippen molar-refractivity contribution >= 4 is 23.1 Å². The van der Waals surface area contributed by atoms with Crippen molar-refractivity contribution in [2.75, 3.05) is 0 Å². The fraction of sp³-hybridized carbons (Fsp3) is 0.500. The number of aromatic nitrogens is 2. The van der Waals surface area contributed by atoms with Crippen LogP contribution in [0.5, 0.6) is 0 Å². The monoisotopic (exact) mass is 268 g/mol. The lowest BCUT2D eigenvalue weighted by Crippen LogP contribution is -1.93. The molecule has 2 rings (SSSR count). The molecule has 0 fully saturated rings. The van der Waals surface area contributed by atoms with Crippen LogP contribution >= 0.6 is 23.1 Å². The molecule has 0 aliphatic heterocycles. The summed E-state index contributed by atoms with van der Waals surface area (Å²) in [5.74, 6) is 2.01. The minimum atomic E-state index is 0.210. The topological polar surface area (TPSA) is 38.9 Å². The van der Waals surface area contributed by atoms with Gasteiger partial charge < -0.3 is 4.42 Å². The van der Waals surface area contributed by atoms with E-state index in [1.807, 2.05) is 0 Å². The number of thiophene rings is 1. The third-order valence-corrected chi connectivity index (χ3v) is 4.36. The Morgan fingerprint density at radius 2 is 2.18 bits per heavy atom. The van der Waals surface area contributed by atoms with Gasteiger partial charge in [-0.15, -0.1) is 33.3 Å². The van der Waals surface area contributed by atoms with Crippen molar-refractivity contribution < 1.29 is 4.42 Å². The molecular weight excluding hydrogens is 252 g/mol. The highest BCUT2D eigenvalue weighted by atomic mass is 32.2. The summed E-state index contributed by atoms with van der Waals surface area (Å²) < 4.78 is 6.95. The first-order chi connectivity index (χ1) is 8.15. The van der Waals surface area contributed by atoms with Gasteiger partial charge in [0.25, 0.3) is 0 Å². The first kappa shape index (κ1) is 12.6. The summed E-state index contributed by atoms with van der Waals surface area (Å²) in [5, 5.41) is 10.5. The molecule has 2 aromatic heterocycles. The fourth-order valence-corrected chi connectivity index (χ4v) is 3.39. The summed E-state index contributed by atoms with van der Waals surface area (Å²) in [6, 6.07) is 4.16. The van der Waals surface area contributed by atoms with Gasteiger partial charge in [0.2, 0.25) is 11.8 Å². The summed E-state index contributed by atoms with van der Waals surface area (Å²) in [4.78, 5) is 0. The lowest BCUT2D eigenvalue weighted by molar-refractivity contribution is 0.426. The third kappa shape index (κ3) is 3.57. The Labute approximate surface area is 110 Å². The van der Waals surface area contributed by atoms with Gasteiger partial charge in [0, 0.05) is 6.42 Å². The predicted octanol–water partition coefficient (Wildman–Crippen LogP) is 4.18. The molecule has 0 aromatic carbocycles. The summed E-state index contributed by atoms with van der Waals surface area (Å²) >= 11 is 3.49. The molecule has 1 atom stereocenters. The lowest BCUT2D eigenvalue weighted by atomic mass is 10.1. The molecule has 0 aliphatic rings. The smallest absolute Gasteiger partial charge is 0.229 e. The second-order valence-electron chi connectivity index (χ2n) is 4.32. The van der Waals surface area contributed by atoms with Gasteiger partial charge in [-0.1, -0.05) is 19.9 Å². The second-order valence-corrected chi connectivity index (χ2v) is 6.91. The average Bonchev–Trinajstić information content (AvgIpc) is 2.87. The number of hydrogen-bond donors (Lipinski definition) is 0. The highest BCUT2D eigenvalue weighted by Crippen LogP contribution is 2.36. The van der Waals surface area contributed by atoms with E-state index in [0.717, 1.165) is 18.2 Å². The first-order valence-electron chi connectivity index (χ1n) is 5.67. The number of hydrogen-bond acceptors (Lipinski definition) is 5. The van der Waals surface area contributed by atoms with Gasteiger partial charge in [-0.3, -0.25) is 0 Å². The molecular formula is C12H16N2OS2. The van der Waals surface area contributed by atoms with Crippen molar-refractivity contribution in [3.63, 3.8) is 0 Å². The number of nitrogens with zero attached hydrogens (tertiary/aromatic N) is 2. The molecule has 3 nitrogen and oxygen atoms in total. The van der Waals surface area contributed by atoms with Gasteiger partial charge in [-0.25, -0.2) is 0 Å². The van der Waals surface area contributed by atoms with Crippen LogP contribution in [0.1, 0.15) is 37.8 Å². The van der Waals surface area contributed by atoms with Crippen molar-refractivity contribution in [2.24, 2.45) is 5.92 Å². The fourth-order valence-electron chi connectivity index (χ4n) is 1.42. The Morgan fingerprint density at radius 3 is 2.82 bits per heavy atom. The van der Waals surface area contributed by atoms with Crippen molar-refractivity contribution in [3.8, 4) is 0 Å². The Kier molecular flexibility index (Phi) is 4.23. The molecule has 5 heteroatoms. The van der Waals surface area contributed by atoms with Crippen LogP contribution in [0, 0.1) is 5.92 Å². The predicted molar refractivity (Wildman–Crippen MR) is 71.4 cm³/mol. The molecule has 0 spiro atoms. The van der Waals surface area contributed by atoms with E-state index in [1.54, 1.807) is 23.1 Å². The van der Waals surface area contributed by atoms with Crippen LogP contribution in [0.2, 0.25) is 0 Å². The molecule has 0 amide bonds. The van der Waals surface area contributed by atoms with Gasteiger partial charge >= 0.3 is 0 Å². The van der Waals surface area contributed by atoms with Crippen LogP contribution in [0.3, 0.4) is 0 Å². The highest BCUT2D eigenvalue weighted by molar-refractivity contribution is 8.01. The molecule has 2 aromatic rings. The molecule has 0 saturated heterocycles. The minimum absolute atomic E-state index is 0.210. The van der Waals surface area contributed by atoms with Crippen molar-refractivity contribution in [1.29, 1.82) is 0 Å². The van der Waals surface area contributed by atoms with Crippen LogP contribution in [-0.4, -0.2) is 10.2 Å². The number of rotatable bonds is 5. The quantitative estimate of drug-likeness (QED) is 0.762. The second kappa shape index (κ2) is 5.69. The maximum atomic E-state index is 5.67. The van der Waals surface area contributed by atoms with E-state index >= 15 is 0 Å². The van der Waals surface area contributed by atoms with E-state index in [9.17, 15) is 0 Å². The number of thioether (sulfide) groups is 1. The van der Waals surface area contributed by atoms with Gasteiger partial charge in [0.15, 0.2) is 0 Å². The average molecular weight is 268 g/mol. The third-order valence-electron chi connectivity index (χ3n) is 2.20. The molecule has 0 bridgehead atoms. The van der Waals surface area contributed by atoms with Gasteiger partial charge in [0.1, 0.15) is 0 Å². The molecule has 2 heterocycles. The Hall–Kier alpha value is -0.810. The Balaban J connectivity index is 1.99. The summed E-state index contributed by atoms with van der Waals surface area (Å²) in [5.41, 5.74) is 0. The van der Waals surface area contributed by atoms with E-state index < -0.39 is 0 Å². The zero-order valence-corrected chi connectivity index (χ0v) is 11.8. The van der Waals surface area contributed by atoms with Crippen LogP contribution in [0.25, 0.3) is 0 Å².